The normalized spacial score (nSPS) is 16.8. The first-order valence-corrected chi connectivity index (χ1v) is 6.77. The molecule has 4 heteroatoms. The molecular weight excluding hydrogens is 250 g/mol. The van der Waals surface area contributed by atoms with Gasteiger partial charge in [-0.3, -0.25) is 0 Å². The van der Waals surface area contributed by atoms with Gasteiger partial charge in [0.2, 0.25) is 0 Å². The molecule has 0 unspecified atom stereocenters. The molecular formula is C14H20ClNO2. The molecule has 100 valence electrons. The second-order valence-electron chi connectivity index (χ2n) is 4.91. The number of rotatable bonds is 3. The molecule has 1 fully saturated rings. The summed E-state index contributed by atoms with van der Waals surface area (Å²) < 4.78 is 5.16. The largest absolute Gasteiger partial charge is 0.504 e. The maximum absolute atomic E-state index is 10.2. The summed E-state index contributed by atoms with van der Waals surface area (Å²) in [6.07, 6.45) is 3.16. The minimum Gasteiger partial charge on any atom is -0.504 e. The molecule has 1 aromatic carbocycles. The summed E-state index contributed by atoms with van der Waals surface area (Å²) >= 11 is 6.18. The number of nitrogens with one attached hydrogen (secondary N) is 1. The minimum atomic E-state index is 0.248. The molecule has 0 saturated carbocycles. The molecule has 0 aliphatic carbocycles. The van der Waals surface area contributed by atoms with Gasteiger partial charge in [-0.1, -0.05) is 11.6 Å². The van der Waals surface area contributed by atoms with Crippen molar-refractivity contribution in [3.8, 4) is 11.5 Å². The van der Waals surface area contributed by atoms with Crippen molar-refractivity contribution in [3.05, 3.63) is 22.2 Å². The quantitative estimate of drug-likeness (QED) is 0.887. The van der Waals surface area contributed by atoms with Gasteiger partial charge in [-0.15, -0.1) is 0 Å². The lowest BCUT2D eigenvalue weighted by Gasteiger charge is -2.24. The van der Waals surface area contributed by atoms with Crippen molar-refractivity contribution in [1.82, 2.24) is 5.32 Å². The molecule has 0 aromatic heterocycles. The Kier molecular flexibility index (Phi) is 4.36. The first-order valence-electron chi connectivity index (χ1n) is 6.39. The van der Waals surface area contributed by atoms with Gasteiger partial charge >= 0.3 is 0 Å². The summed E-state index contributed by atoms with van der Waals surface area (Å²) in [6.45, 7) is 4.07. The Hall–Kier alpha value is -0.930. The number of methoxy groups -OCH3 is 1. The van der Waals surface area contributed by atoms with E-state index >= 15 is 0 Å². The lowest BCUT2D eigenvalue weighted by molar-refractivity contribution is 0.351. The van der Waals surface area contributed by atoms with Crippen LogP contribution in [0.4, 0.5) is 0 Å². The monoisotopic (exact) mass is 269 g/mol. The fraction of sp³-hybridized carbons (Fsp3) is 0.571. The Morgan fingerprint density at radius 3 is 2.72 bits per heavy atom. The number of ether oxygens (including phenoxy) is 1. The Bertz CT molecular complexity index is 428. The molecule has 0 amide bonds. The van der Waals surface area contributed by atoms with Gasteiger partial charge in [0, 0.05) is 16.7 Å². The van der Waals surface area contributed by atoms with Crippen molar-refractivity contribution in [2.45, 2.75) is 26.2 Å². The lowest BCUT2D eigenvalue weighted by Crippen LogP contribution is -2.28. The van der Waals surface area contributed by atoms with Crippen molar-refractivity contribution in [2.75, 3.05) is 20.2 Å². The van der Waals surface area contributed by atoms with Crippen LogP contribution in [0.1, 0.15) is 24.0 Å². The summed E-state index contributed by atoms with van der Waals surface area (Å²) in [5.41, 5.74) is 1.90. The van der Waals surface area contributed by atoms with Crippen LogP contribution in [-0.4, -0.2) is 25.3 Å². The van der Waals surface area contributed by atoms with Crippen LogP contribution in [0.5, 0.6) is 11.5 Å². The molecule has 3 nitrogen and oxygen atoms in total. The molecule has 1 aliphatic heterocycles. The van der Waals surface area contributed by atoms with Crippen LogP contribution in [0.3, 0.4) is 0 Å². The molecule has 0 radical (unpaired) electrons. The van der Waals surface area contributed by atoms with Crippen LogP contribution < -0.4 is 10.1 Å². The average Bonchev–Trinajstić information content (AvgIpc) is 2.40. The third-order valence-electron chi connectivity index (χ3n) is 3.76. The number of hydrogen-bond donors (Lipinski definition) is 2. The third-order valence-corrected chi connectivity index (χ3v) is 4.15. The standard InChI is InChI=1S/C14H20ClNO2/c1-9-11(7-10-3-5-16-6-4-10)14(17)13(18-2)8-12(9)15/h8,10,16-17H,3-7H2,1-2H3. The van der Waals surface area contributed by atoms with E-state index in [4.69, 9.17) is 16.3 Å². The smallest absolute Gasteiger partial charge is 0.162 e. The number of aromatic hydroxyl groups is 1. The number of phenols is 1. The van der Waals surface area contributed by atoms with E-state index in [0.717, 1.165) is 43.5 Å². The highest BCUT2D eigenvalue weighted by molar-refractivity contribution is 6.31. The summed E-state index contributed by atoms with van der Waals surface area (Å²) in [5.74, 6) is 1.33. The maximum atomic E-state index is 10.2. The van der Waals surface area contributed by atoms with Crippen molar-refractivity contribution in [3.63, 3.8) is 0 Å². The van der Waals surface area contributed by atoms with Crippen LogP contribution in [0, 0.1) is 12.8 Å². The Morgan fingerprint density at radius 2 is 2.11 bits per heavy atom. The topological polar surface area (TPSA) is 41.5 Å². The third kappa shape index (κ3) is 2.73. The molecule has 1 saturated heterocycles. The SMILES string of the molecule is COc1cc(Cl)c(C)c(CC2CCNCC2)c1O. The Morgan fingerprint density at radius 1 is 1.44 bits per heavy atom. The lowest BCUT2D eigenvalue weighted by atomic mass is 9.88. The van der Waals surface area contributed by atoms with E-state index in [1.165, 1.54) is 0 Å². The van der Waals surface area contributed by atoms with Crippen LogP contribution >= 0.6 is 11.6 Å². The van der Waals surface area contributed by atoms with Gasteiger partial charge in [0.15, 0.2) is 11.5 Å². The predicted molar refractivity (Wildman–Crippen MR) is 73.7 cm³/mol. The molecule has 2 N–H and O–H groups in total. The zero-order valence-corrected chi connectivity index (χ0v) is 11.7. The van der Waals surface area contributed by atoms with Gasteiger partial charge in [-0.05, 0) is 50.8 Å². The van der Waals surface area contributed by atoms with E-state index in [9.17, 15) is 5.11 Å². The molecule has 1 aromatic rings. The van der Waals surface area contributed by atoms with Crippen LogP contribution in [-0.2, 0) is 6.42 Å². The first-order chi connectivity index (χ1) is 8.63. The van der Waals surface area contributed by atoms with Crippen LogP contribution in [0.2, 0.25) is 5.02 Å². The Balaban J connectivity index is 2.27. The van der Waals surface area contributed by atoms with Gasteiger partial charge < -0.3 is 15.2 Å². The van der Waals surface area contributed by atoms with E-state index in [2.05, 4.69) is 5.32 Å². The number of hydrogen-bond acceptors (Lipinski definition) is 3. The average molecular weight is 270 g/mol. The van der Waals surface area contributed by atoms with E-state index in [1.807, 2.05) is 6.92 Å². The zero-order chi connectivity index (χ0) is 13.1. The number of piperidine rings is 1. The fourth-order valence-corrected chi connectivity index (χ4v) is 2.76. The second kappa shape index (κ2) is 5.81. The van der Waals surface area contributed by atoms with E-state index in [0.29, 0.717) is 16.7 Å². The summed E-state index contributed by atoms with van der Waals surface area (Å²) in [6, 6.07) is 1.68. The molecule has 2 rings (SSSR count). The fourth-order valence-electron chi connectivity index (χ4n) is 2.54. The van der Waals surface area contributed by atoms with Gasteiger partial charge in [-0.25, -0.2) is 0 Å². The Labute approximate surface area is 113 Å². The highest BCUT2D eigenvalue weighted by Crippen LogP contribution is 2.38. The second-order valence-corrected chi connectivity index (χ2v) is 5.32. The molecule has 0 atom stereocenters. The van der Waals surface area contributed by atoms with E-state index < -0.39 is 0 Å². The number of phenolic OH excluding ortho intramolecular Hbond substituents is 1. The molecule has 1 aliphatic rings. The van der Waals surface area contributed by atoms with Gasteiger partial charge in [-0.2, -0.15) is 0 Å². The number of halogens is 1. The molecule has 1 heterocycles. The van der Waals surface area contributed by atoms with E-state index in [1.54, 1.807) is 13.2 Å². The highest BCUT2D eigenvalue weighted by Gasteiger charge is 2.20. The number of benzene rings is 1. The van der Waals surface area contributed by atoms with Crippen molar-refractivity contribution in [2.24, 2.45) is 5.92 Å². The van der Waals surface area contributed by atoms with E-state index in [-0.39, 0.29) is 5.75 Å². The summed E-state index contributed by atoms with van der Waals surface area (Å²) in [4.78, 5) is 0. The van der Waals surface area contributed by atoms with Gasteiger partial charge in [0.1, 0.15) is 0 Å². The summed E-state index contributed by atoms with van der Waals surface area (Å²) in [5, 5.41) is 14.2. The molecule has 0 spiro atoms. The van der Waals surface area contributed by atoms with Gasteiger partial charge in [0.05, 0.1) is 7.11 Å². The highest BCUT2D eigenvalue weighted by atomic mass is 35.5. The van der Waals surface area contributed by atoms with Crippen LogP contribution in [0.15, 0.2) is 6.07 Å². The zero-order valence-electron chi connectivity index (χ0n) is 10.9. The maximum Gasteiger partial charge on any atom is 0.162 e. The molecule has 18 heavy (non-hydrogen) atoms. The van der Waals surface area contributed by atoms with Crippen LogP contribution in [0.25, 0.3) is 0 Å². The van der Waals surface area contributed by atoms with Crippen molar-refractivity contribution < 1.29 is 9.84 Å². The van der Waals surface area contributed by atoms with Crippen molar-refractivity contribution in [1.29, 1.82) is 0 Å². The molecule has 0 bridgehead atoms. The first kappa shape index (κ1) is 13.5. The van der Waals surface area contributed by atoms with Gasteiger partial charge in [0.25, 0.3) is 0 Å². The summed E-state index contributed by atoms with van der Waals surface area (Å²) in [7, 11) is 1.55. The minimum absolute atomic E-state index is 0.248. The predicted octanol–water partition coefficient (Wildman–Crippen LogP) is 2.90. The van der Waals surface area contributed by atoms with Crippen molar-refractivity contribution >= 4 is 11.6 Å².